The number of benzene rings is 1. The van der Waals surface area contributed by atoms with Gasteiger partial charge in [-0.3, -0.25) is 15.0 Å². The van der Waals surface area contributed by atoms with E-state index in [1.165, 1.54) is 12.1 Å². The Balaban J connectivity index is 1.30. The zero-order valence-corrected chi connectivity index (χ0v) is 15.5. The number of aryl methyl sites for hydroxylation is 1. The van der Waals surface area contributed by atoms with Gasteiger partial charge in [0.05, 0.1) is 6.20 Å². The van der Waals surface area contributed by atoms with Crippen LogP contribution in [0.4, 0.5) is 4.39 Å². The topological polar surface area (TPSA) is 77.7 Å². The third kappa shape index (κ3) is 2.91. The van der Waals surface area contributed by atoms with Crippen molar-refractivity contribution in [3.05, 3.63) is 58.9 Å². The standard InChI is InChI=1S/C21H22FN5O/c22-15-4-1-3-14(11-15)17-12-23-25-19(17)13-7-9-27(10-8-13)21(28)20-16-5-2-6-18(16)24-26-20/h1,3-4,11-13H,2,5-10H2,(H,23,25)(H,24,26). The van der Waals surface area contributed by atoms with Gasteiger partial charge in [0.15, 0.2) is 5.69 Å². The molecule has 0 unspecified atom stereocenters. The largest absolute Gasteiger partial charge is 0.337 e. The van der Waals surface area contributed by atoms with Gasteiger partial charge in [-0.15, -0.1) is 0 Å². The van der Waals surface area contributed by atoms with Gasteiger partial charge in [-0.25, -0.2) is 4.39 Å². The van der Waals surface area contributed by atoms with Gasteiger partial charge >= 0.3 is 0 Å². The summed E-state index contributed by atoms with van der Waals surface area (Å²) in [5, 5.41) is 14.6. The summed E-state index contributed by atoms with van der Waals surface area (Å²) in [6.07, 6.45) is 6.48. The molecule has 0 atom stereocenters. The first-order valence-electron chi connectivity index (χ1n) is 9.85. The van der Waals surface area contributed by atoms with E-state index >= 15 is 0 Å². The number of nitrogens with one attached hydrogen (secondary N) is 2. The first-order valence-corrected chi connectivity index (χ1v) is 9.85. The average Bonchev–Trinajstić information content (AvgIpc) is 3.44. The van der Waals surface area contributed by atoms with Crippen molar-refractivity contribution < 1.29 is 9.18 Å². The van der Waals surface area contributed by atoms with Crippen LogP contribution in [0.15, 0.2) is 30.5 Å². The Morgan fingerprint density at radius 3 is 2.86 bits per heavy atom. The van der Waals surface area contributed by atoms with Crippen molar-refractivity contribution in [2.24, 2.45) is 0 Å². The third-order valence-electron chi connectivity index (χ3n) is 6.00. The van der Waals surface area contributed by atoms with Crippen LogP contribution in [0.3, 0.4) is 0 Å². The van der Waals surface area contributed by atoms with Crippen molar-refractivity contribution in [2.75, 3.05) is 13.1 Å². The van der Waals surface area contributed by atoms with E-state index in [9.17, 15) is 9.18 Å². The Bertz CT molecular complexity index is 1020. The fourth-order valence-corrected chi connectivity index (χ4v) is 4.51. The first-order chi connectivity index (χ1) is 13.7. The lowest BCUT2D eigenvalue weighted by Gasteiger charge is -2.31. The summed E-state index contributed by atoms with van der Waals surface area (Å²) in [7, 11) is 0. The number of likely N-dealkylation sites (tertiary alicyclic amines) is 1. The van der Waals surface area contributed by atoms with Crippen molar-refractivity contribution in [1.82, 2.24) is 25.3 Å². The van der Waals surface area contributed by atoms with Crippen LogP contribution in [0.2, 0.25) is 0 Å². The molecule has 3 aromatic rings. The van der Waals surface area contributed by atoms with Crippen molar-refractivity contribution >= 4 is 5.91 Å². The number of fused-ring (bicyclic) bond motifs is 1. The highest BCUT2D eigenvalue weighted by Crippen LogP contribution is 2.34. The summed E-state index contributed by atoms with van der Waals surface area (Å²) in [5.74, 6) is 0.0548. The van der Waals surface area contributed by atoms with E-state index in [-0.39, 0.29) is 17.6 Å². The van der Waals surface area contributed by atoms with Gasteiger partial charge in [0, 0.05) is 41.5 Å². The van der Waals surface area contributed by atoms with E-state index in [2.05, 4.69) is 20.4 Å². The summed E-state index contributed by atoms with van der Waals surface area (Å²) < 4.78 is 13.6. The van der Waals surface area contributed by atoms with Crippen molar-refractivity contribution in [3.8, 4) is 11.1 Å². The van der Waals surface area contributed by atoms with E-state index in [4.69, 9.17) is 0 Å². The van der Waals surface area contributed by atoms with E-state index in [0.717, 1.165) is 60.2 Å². The van der Waals surface area contributed by atoms with E-state index in [1.54, 1.807) is 12.3 Å². The zero-order chi connectivity index (χ0) is 19.1. The number of aromatic nitrogens is 4. The van der Waals surface area contributed by atoms with Crippen LogP contribution in [-0.2, 0) is 12.8 Å². The van der Waals surface area contributed by atoms with Crippen molar-refractivity contribution in [2.45, 2.75) is 38.0 Å². The van der Waals surface area contributed by atoms with Gasteiger partial charge in [-0.1, -0.05) is 12.1 Å². The van der Waals surface area contributed by atoms with Gasteiger partial charge < -0.3 is 4.90 Å². The molecule has 2 N–H and O–H groups in total. The number of halogens is 1. The molecule has 3 heterocycles. The predicted molar refractivity (Wildman–Crippen MR) is 102 cm³/mol. The maximum absolute atomic E-state index is 13.6. The van der Waals surface area contributed by atoms with Crippen LogP contribution in [0.5, 0.6) is 0 Å². The minimum atomic E-state index is -0.253. The number of amides is 1. The van der Waals surface area contributed by atoms with Crippen LogP contribution in [0, 0.1) is 5.82 Å². The predicted octanol–water partition coefficient (Wildman–Crippen LogP) is 3.45. The Morgan fingerprint density at radius 2 is 2.04 bits per heavy atom. The maximum Gasteiger partial charge on any atom is 0.274 e. The third-order valence-corrected chi connectivity index (χ3v) is 6.00. The Hall–Kier alpha value is -2.96. The summed E-state index contributed by atoms with van der Waals surface area (Å²) in [6, 6.07) is 6.59. The molecule has 1 aromatic carbocycles. The lowest BCUT2D eigenvalue weighted by atomic mass is 9.89. The quantitative estimate of drug-likeness (QED) is 0.732. The number of carbonyl (C=O) groups excluding carboxylic acids is 1. The van der Waals surface area contributed by atoms with Crippen molar-refractivity contribution in [1.29, 1.82) is 0 Å². The molecule has 1 aliphatic heterocycles. The Morgan fingerprint density at radius 1 is 1.18 bits per heavy atom. The Labute approximate surface area is 162 Å². The fourth-order valence-electron chi connectivity index (χ4n) is 4.51. The molecule has 6 nitrogen and oxygen atoms in total. The van der Waals surface area contributed by atoms with Gasteiger partial charge in [-0.05, 0) is 49.8 Å². The monoisotopic (exact) mass is 379 g/mol. The van der Waals surface area contributed by atoms with E-state index in [1.807, 2.05) is 11.0 Å². The molecule has 0 spiro atoms. The molecular weight excluding hydrogens is 357 g/mol. The molecule has 2 aromatic heterocycles. The number of H-pyrrole nitrogens is 2. The van der Waals surface area contributed by atoms with Gasteiger partial charge in [0.25, 0.3) is 5.91 Å². The first kappa shape index (κ1) is 17.2. The summed E-state index contributed by atoms with van der Waals surface area (Å²) in [6.45, 7) is 1.37. The molecule has 5 rings (SSSR count). The number of rotatable bonds is 3. The fraction of sp³-hybridized carbons (Fsp3) is 0.381. The number of hydrogen-bond acceptors (Lipinski definition) is 3. The number of aromatic amines is 2. The number of carbonyl (C=O) groups is 1. The maximum atomic E-state index is 13.6. The molecule has 1 fully saturated rings. The van der Waals surface area contributed by atoms with Crippen LogP contribution in [0.25, 0.3) is 11.1 Å². The zero-order valence-electron chi connectivity index (χ0n) is 15.5. The van der Waals surface area contributed by atoms with Gasteiger partial charge in [0.2, 0.25) is 0 Å². The summed E-state index contributed by atoms with van der Waals surface area (Å²) in [5.41, 5.74) is 5.62. The number of piperidine rings is 1. The van der Waals surface area contributed by atoms with Crippen LogP contribution < -0.4 is 0 Å². The van der Waals surface area contributed by atoms with Crippen LogP contribution in [-0.4, -0.2) is 44.3 Å². The van der Waals surface area contributed by atoms with E-state index < -0.39 is 0 Å². The van der Waals surface area contributed by atoms with E-state index in [0.29, 0.717) is 18.8 Å². The highest BCUT2D eigenvalue weighted by Gasteiger charge is 2.31. The smallest absolute Gasteiger partial charge is 0.274 e. The van der Waals surface area contributed by atoms with Gasteiger partial charge in [0.1, 0.15) is 5.82 Å². The molecule has 28 heavy (non-hydrogen) atoms. The molecule has 7 heteroatoms. The summed E-state index contributed by atoms with van der Waals surface area (Å²) >= 11 is 0. The molecule has 1 amide bonds. The molecule has 2 aliphatic rings. The lowest BCUT2D eigenvalue weighted by Crippen LogP contribution is -2.38. The average molecular weight is 379 g/mol. The molecule has 1 aliphatic carbocycles. The van der Waals surface area contributed by atoms with Crippen molar-refractivity contribution in [3.63, 3.8) is 0 Å². The highest BCUT2D eigenvalue weighted by molar-refractivity contribution is 5.94. The minimum Gasteiger partial charge on any atom is -0.337 e. The number of nitrogens with zero attached hydrogens (tertiary/aromatic N) is 3. The summed E-state index contributed by atoms with van der Waals surface area (Å²) in [4.78, 5) is 14.8. The molecule has 0 saturated carbocycles. The Kier molecular flexibility index (Phi) is 4.22. The van der Waals surface area contributed by atoms with Gasteiger partial charge in [-0.2, -0.15) is 10.2 Å². The molecule has 1 saturated heterocycles. The normalized spacial score (nSPS) is 17.1. The SMILES string of the molecule is O=C(c1n[nH]c2c1CCC2)N1CCC(c2[nH]ncc2-c2cccc(F)c2)CC1. The minimum absolute atomic E-state index is 0.0350. The van der Waals surface area contributed by atoms with Crippen LogP contribution in [0.1, 0.15) is 52.6 Å². The number of hydrogen-bond donors (Lipinski definition) is 2. The highest BCUT2D eigenvalue weighted by atomic mass is 19.1. The molecule has 0 radical (unpaired) electrons. The lowest BCUT2D eigenvalue weighted by molar-refractivity contribution is 0.0705. The molecule has 144 valence electrons. The molecule has 0 bridgehead atoms. The second-order valence-corrected chi connectivity index (χ2v) is 7.66. The second kappa shape index (κ2) is 6.89. The second-order valence-electron chi connectivity index (χ2n) is 7.66. The van der Waals surface area contributed by atoms with Crippen LogP contribution >= 0.6 is 0 Å². The molecular formula is C21H22FN5O.